The van der Waals surface area contributed by atoms with Gasteiger partial charge in [-0.1, -0.05) is 36.4 Å². The first kappa shape index (κ1) is 25.1. The number of nitrogens with two attached hydrogens (primary N) is 1. The molecule has 0 atom stereocenters. The number of piperidine rings is 1. The van der Waals surface area contributed by atoms with Crippen LogP contribution in [0.4, 0.5) is 10.5 Å². The standard InChI is InChI=1S/C28H31N7O3/c1-34-26-23(17-32-34)25(33-20-10-12-35(13-11-20)28(29)37)24(16-30-26)27(36)31-15-19-6-3-4-9-22(19)18-7-5-8-21(14-18)38-2/h3-9,14,16-17,20H,10-13,15H2,1-2H3,(H2,29,37)(H,30,33)(H,31,36). The summed E-state index contributed by atoms with van der Waals surface area (Å²) in [7, 11) is 3.46. The predicted molar refractivity (Wildman–Crippen MR) is 146 cm³/mol. The van der Waals surface area contributed by atoms with E-state index in [-0.39, 0.29) is 11.9 Å². The number of rotatable bonds is 7. The molecule has 10 heteroatoms. The number of benzene rings is 2. The number of anilines is 1. The van der Waals surface area contributed by atoms with E-state index in [1.165, 1.54) is 0 Å². The molecule has 5 rings (SSSR count). The third kappa shape index (κ3) is 5.10. The number of carbonyl (C=O) groups excluding carboxylic acids is 2. The average Bonchev–Trinajstić information content (AvgIpc) is 3.33. The summed E-state index contributed by atoms with van der Waals surface area (Å²) in [6.07, 6.45) is 4.76. The summed E-state index contributed by atoms with van der Waals surface area (Å²) < 4.78 is 7.07. The Morgan fingerprint density at radius 3 is 2.66 bits per heavy atom. The van der Waals surface area contributed by atoms with E-state index in [2.05, 4.69) is 20.7 Å². The van der Waals surface area contributed by atoms with Crippen LogP contribution in [0.15, 0.2) is 60.9 Å². The Hall–Kier alpha value is -4.60. The van der Waals surface area contributed by atoms with E-state index in [1.807, 2.05) is 55.6 Å². The summed E-state index contributed by atoms with van der Waals surface area (Å²) in [5.74, 6) is 0.537. The Balaban J connectivity index is 1.38. The number of nitrogens with one attached hydrogen (secondary N) is 2. The van der Waals surface area contributed by atoms with Crippen molar-refractivity contribution < 1.29 is 14.3 Å². The number of nitrogens with zero attached hydrogens (tertiary/aromatic N) is 4. The number of hydrogen-bond acceptors (Lipinski definition) is 6. The van der Waals surface area contributed by atoms with Gasteiger partial charge in [-0.2, -0.15) is 5.10 Å². The number of pyridine rings is 1. The molecule has 1 aliphatic rings. The van der Waals surface area contributed by atoms with Crippen LogP contribution >= 0.6 is 0 Å². The summed E-state index contributed by atoms with van der Waals surface area (Å²) in [6, 6.07) is 15.5. The molecular weight excluding hydrogens is 482 g/mol. The Kier molecular flexibility index (Phi) is 7.12. The first-order valence-corrected chi connectivity index (χ1v) is 12.6. The van der Waals surface area contributed by atoms with Crippen LogP contribution < -0.4 is 21.1 Å². The van der Waals surface area contributed by atoms with Gasteiger partial charge in [-0.05, 0) is 41.7 Å². The number of primary amides is 1. The van der Waals surface area contributed by atoms with E-state index in [1.54, 1.807) is 29.1 Å². The van der Waals surface area contributed by atoms with Crippen LogP contribution in [0.2, 0.25) is 0 Å². The molecule has 196 valence electrons. The number of likely N-dealkylation sites (tertiary alicyclic amines) is 1. The molecule has 0 aliphatic carbocycles. The molecule has 0 saturated carbocycles. The van der Waals surface area contributed by atoms with E-state index >= 15 is 0 Å². The lowest BCUT2D eigenvalue weighted by Gasteiger charge is -2.32. The summed E-state index contributed by atoms with van der Waals surface area (Å²) in [4.78, 5) is 31.2. The summed E-state index contributed by atoms with van der Waals surface area (Å²) in [5.41, 5.74) is 10.3. The van der Waals surface area contributed by atoms with Gasteiger partial charge in [0.2, 0.25) is 0 Å². The lowest BCUT2D eigenvalue weighted by molar-refractivity contribution is 0.0951. The lowest BCUT2D eigenvalue weighted by atomic mass is 9.99. The fourth-order valence-electron chi connectivity index (χ4n) is 4.89. The van der Waals surface area contributed by atoms with Crippen molar-refractivity contribution in [3.63, 3.8) is 0 Å². The third-order valence-electron chi connectivity index (χ3n) is 7.00. The monoisotopic (exact) mass is 513 g/mol. The zero-order valence-corrected chi connectivity index (χ0v) is 21.5. The quantitative estimate of drug-likeness (QED) is 0.347. The lowest BCUT2D eigenvalue weighted by Crippen LogP contribution is -2.44. The van der Waals surface area contributed by atoms with Gasteiger partial charge >= 0.3 is 6.03 Å². The molecule has 0 unspecified atom stereocenters. The zero-order chi connectivity index (χ0) is 26.6. The van der Waals surface area contributed by atoms with Crippen LogP contribution in [-0.2, 0) is 13.6 Å². The minimum absolute atomic E-state index is 0.0803. The SMILES string of the molecule is COc1cccc(-c2ccccc2CNC(=O)c2cnc3c(cnn3C)c2NC2CCN(C(N)=O)CC2)c1. The molecule has 2 aromatic carbocycles. The van der Waals surface area contributed by atoms with Crippen LogP contribution in [0.25, 0.3) is 22.2 Å². The number of aromatic nitrogens is 3. The summed E-state index contributed by atoms with van der Waals surface area (Å²) in [5, 5.41) is 11.7. The van der Waals surface area contributed by atoms with Crippen molar-refractivity contribution in [2.45, 2.75) is 25.4 Å². The molecule has 1 saturated heterocycles. The molecule has 0 spiro atoms. The zero-order valence-electron chi connectivity index (χ0n) is 21.5. The molecule has 1 fully saturated rings. The van der Waals surface area contributed by atoms with E-state index in [4.69, 9.17) is 10.5 Å². The fourth-order valence-corrected chi connectivity index (χ4v) is 4.89. The smallest absolute Gasteiger partial charge is 0.314 e. The van der Waals surface area contributed by atoms with Gasteiger partial charge in [-0.3, -0.25) is 9.48 Å². The summed E-state index contributed by atoms with van der Waals surface area (Å²) >= 11 is 0. The number of aryl methyl sites for hydroxylation is 1. The molecule has 3 heterocycles. The number of methoxy groups -OCH3 is 1. The Labute approximate surface area is 220 Å². The number of amides is 3. The highest BCUT2D eigenvalue weighted by Gasteiger charge is 2.25. The molecule has 1 aliphatic heterocycles. The Morgan fingerprint density at radius 2 is 1.89 bits per heavy atom. The molecule has 38 heavy (non-hydrogen) atoms. The van der Waals surface area contributed by atoms with Crippen molar-refractivity contribution >= 4 is 28.7 Å². The van der Waals surface area contributed by atoms with Gasteiger partial charge in [0.1, 0.15) is 5.75 Å². The van der Waals surface area contributed by atoms with Gasteiger partial charge in [-0.15, -0.1) is 0 Å². The highest BCUT2D eigenvalue weighted by Crippen LogP contribution is 2.30. The van der Waals surface area contributed by atoms with Crippen LogP contribution in [-0.4, -0.2) is 57.8 Å². The van der Waals surface area contributed by atoms with Crippen LogP contribution in [0.5, 0.6) is 5.75 Å². The Bertz CT molecular complexity index is 1470. The first-order valence-electron chi connectivity index (χ1n) is 12.6. The maximum absolute atomic E-state index is 13.5. The second-order valence-corrected chi connectivity index (χ2v) is 9.37. The fraction of sp³-hybridized carbons (Fsp3) is 0.286. The molecule has 0 radical (unpaired) electrons. The highest BCUT2D eigenvalue weighted by atomic mass is 16.5. The largest absolute Gasteiger partial charge is 0.497 e. The average molecular weight is 514 g/mol. The first-order chi connectivity index (χ1) is 18.4. The van der Waals surface area contributed by atoms with Gasteiger partial charge in [-0.25, -0.2) is 9.78 Å². The number of hydrogen-bond donors (Lipinski definition) is 3. The molecule has 4 aromatic rings. The van der Waals surface area contributed by atoms with Gasteiger partial charge in [0, 0.05) is 38.9 Å². The maximum Gasteiger partial charge on any atom is 0.314 e. The van der Waals surface area contributed by atoms with Crippen molar-refractivity contribution in [3.05, 3.63) is 72.1 Å². The number of ether oxygens (including phenoxy) is 1. The predicted octanol–water partition coefficient (Wildman–Crippen LogP) is 3.53. The van der Waals surface area contributed by atoms with Crippen molar-refractivity contribution in [1.82, 2.24) is 25.0 Å². The molecule has 4 N–H and O–H groups in total. The second-order valence-electron chi connectivity index (χ2n) is 9.37. The Morgan fingerprint density at radius 1 is 1.11 bits per heavy atom. The summed E-state index contributed by atoms with van der Waals surface area (Å²) in [6.45, 7) is 1.47. The van der Waals surface area contributed by atoms with Crippen molar-refractivity contribution in [2.75, 3.05) is 25.5 Å². The molecule has 0 bridgehead atoms. The number of urea groups is 1. The molecule has 2 aromatic heterocycles. The van der Waals surface area contributed by atoms with Crippen molar-refractivity contribution in [3.8, 4) is 16.9 Å². The van der Waals surface area contributed by atoms with Crippen LogP contribution in [0.3, 0.4) is 0 Å². The molecule has 3 amide bonds. The minimum atomic E-state index is -0.406. The van der Waals surface area contributed by atoms with Gasteiger partial charge in [0.15, 0.2) is 5.65 Å². The van der Waals surface area contributed by atoms with Gasteiger partial charge in [0.05, 0.1) is 29.9 Å². The topological polar surface area (TPSA) is 127 Å². The molecular formula is C28H31N7O3. The maximum atomic E-state index is 13.5. The van der Waals surface area contributed by atoms with E-state index in [0.29, 0.717) is 36.5 Å². The van der Waals surface area contributed by atoms with E-state index in [9.17, 15) is 9.59 Å². The van der Waals surface area contributed by atoms with E-state index < -0.39 is 6.03 Å². The van der Waals surface area contributed by atoms with E-state index in [0.717, 1.165) is 40.7 Å². The van der Waals surface area contributed by atoms with Crippen molar-refractivity contribution in [2.24, 2.45) is 12.8 Å². The van der Waals surface area contributed by atoms with Gasteiger partial charge in [0.25, 0.3) is 5.91 Å². The van der Waals surface area contributed by atoms with Crippen LogP contribution in [0.1, 0.15) is 28.8 Å². The van der Waals surface area contributed by atoms with Crippen LogP contribution in [0, 0.1) is 0 Å². The molecule has 10 nitrogen and oxygen atoms in total. The van der Waals surface area contributed by atoms with Crippen molar-refractivity contribution in [1.29, 1.82) is 0 Å². The minimum Gasteiger partial charge on any atom is -0.497 e. The van der Waals surface area contributed by atoms with Gasteiger partial charge < -0.3 is 26.0 Å². The normalized spacial score (nSPS) is 13.9. The second kappa shape index (κ2) is 10.8. The number of carbonyl (C=O) groups is 2. The number of fused-ring (bicyclic) bond motifs is 1. The highest BCUT2D eigenvalue weighted by molar-refractivity contribution is 6.06. The third-order valence-corrected chi connectivity index (χ3v) is 7.00.